The van der Waals surface area contributed by atoms with E-state index in [4.69, 9.17) is 4.52 Å². The number of sulfone groups is 1. The maximum Gasteiger partial charge on any atom is 0.197 e. The Labute approximate surface area is 167 Å². The molecule has 0 fully saturated rings. The molecule has 0 aliphatic rings. The molecule has 2 heterocycles. The fourth-order valence-electron chi connectivity index (χ4n) is 2.47. The molecule has 0 atom stereocenters. The average molecular weight is 424 g/mol. The minimum Gasteiger partial charge on any atom is -0.353 e. The first-order valence-electron chi connectivity index (χ1n) is 8.81. The van der Waals surface area contributed by atoms with Crippen molar-refractivity contribution in [3.8, 4) is 10.8 Å². The van der Waals surface area contributed by atoms with Crippen molar-refractivity contribution in [1.29, 1.82) is 0 Å². The number of halogens is 1. The summed E-state index contributed by atoms with van der Waals surface area (Å²) >= 11 is 1.14. The van der Waals surface area contributed by atoms with Crippen LogP contribution in [0.15, 0.2) is 39.8 Å². The Morgan fingerprint density at radius 1 is 1.11 bits per heavy atom. The second-order valence-electron chi connectivity index (χ2n) is 7.69. The maximum absolute atomic E-state index is 13.2. The Bertz CT molecular complexity index is 1080. The number of rotatable bonds is 6. The standard InChI is InChI=1S/C19H22FN3O3S2/c1-6-18(2,3)15-11-14(26-23-15)16-21-22-17(27-16)19(4,5)28(24,25)13-9-7-12(20)8-10-13/h7-11H,6H2,1-5H3. The Kier molecular flexibility index (Phi) is 5.18. The zero-order chi connectivity index (χ0) is 20.7. The van der Waals surface area contributed by atoms with Crippen LogP contribution in [0.5, 0.6) is 0 Å². The van der Waals surface area contributed by atoms with E-state index >= 15 is 0 Å². The van der Waals surface area contributed by atoms with Gasteiger partial charge in [0, 0.05) is 11.5 Å². The largest absolute Gasteiger partial charge is 0.353 e. The molecule has 1 aromatic carbocycles. The maximum atomic E-state index is 13.2. The van der Waals surface area contributed by atoms with Crippen LogP contribution in [0.3, 0.4) is 0 Å². The minimum atomic E-state index is -3.80. The second-order valence-corrected chi connectivity index (χ2v) is 11.2. The van der Waals surface area contributed by atoms with Gasteiger partial charge in [0.1, 0.15) is 15.6 Å². The molecule has 0 amide bonds. The number of benzene rings is 1. The lowest BCUT2D eigenvalue weighted by atomic mass is 9.86. The van der Waals surface area contributed by atoms with Crippen LogP contribution >= 0.6 is 11.3 Å². The molecule has 9 heteroatoms. The predicted octanol–water partition coefficient (Wildman–Crippen LogP) is 4.73. The van der Waals surface area contributed by atoms with Crippen molar-refractivity contribution in [3.05, 3.63) is 46.9 Å². The van der Waals surface area contributed by atoms with Crippen LogP contribution in [-0.4, -0.2) is 23.8 Å². The smallest absolute Gasteiger partial charge is 0.197 e. The highest BCUT2D eigenvalue weighted by Crippen LogP contribution is 2.39. The highest BCUT2D eigenvalue weighted by atomic mass is 32.2. The van der Waals surface area contributed by atoms with Crippen molar-refractivity contribution < 1.29 is 17.3 Å². The van der Waals surface area contributed by atoms with Gasteiger partial charge >= 0.3 is 0 Å². The molecule has 0 saturated carbocycles. The van der Waals surface area contributed by atoms with Gasteiger partial charge in [0.05, 0.1) is 10.6 Å². The van der Waals surface area contributed by atoms with E-state index in [1.165, 1.54) is 12.1 Å². The quantitative estimate of drug-likeness (QED) is 0.533. The van der Waals surface area contributed by atoms with Crippen molar-refractivity contribution in [3.63, 3.8) is 0 Å². The van der Waals surface area contributed by atoms with Crippen LogP contribution in [0, 0.1) is 5.82 Å². The Morgan fingerprint density at radius 2 is 1.75 bits per heavy atom. The first kappa shape index (κ1) is 20.6. The van der Waals surface area contributed by atoms with Gasteiger partial charge in [-0.2, -0.15) is 0 Å². The monoisotopic (exact) mass is 423 g/mol. The van der Waals surface area contributed by atoms with E-state index in [1.54, 1.807) is 13.8 Å². The van der Waals surface area contributed by atoms with Crippen LogP contribution in [-0.2, 0) is 20.0 Å². The first-order chi connectivity index (χ1) is 13.0. The molecule has 28 heavy (non-hydrogen) atoms. The summed E-state index contributed by atoms with van der Waals surface area (Å²) in [7, 11) is -3.80. The van der Waals surface area contributed by atoms with Crippen molar-refractivity contribution in [2.45, 2.75) is 56.1 Å². The lowest BCUT2D eigenvalue weighted by Crippen LogP contribution is -2.29. The van der Waals surface area contributed by atoms with Crippen molar-refractivity contribution >= 4 is 21.2 Å². The van der Waals surface area contributed by atoms with Crippen molar-refractivity contribution in [1.82, 2.24) is 15.4 Å². The van der Waals surface area contributed by atoms with Gasteiger partial charge in [0.2, 0.25) is 0 Å². The number of aromatic nitrogens is 3. The van der Waals surface area contributed by atoms with E-state index in [0.717, 1.165) is 35.6 Å². The van der Waals surface area contributed by atoms with Crippen LogP contribution in [0.1, 0.15) is 51.7 Å². The van der Waals surface area contributed by atoms with E-state index < -0.39 is 20.4 Å². The van der Waals surface area contributed by atoms with E-state index in [9.17, 15) is 12.8 Å². The molecule has 0 bridgehead atoms. The topological polar surface area (TPSA) is 86.0 Å². The molecule has 2 aromatic heterocycles. The Morgan fingerprint density at radius 3 is 2.36 bits per heavy atom. The molecule has 0 saturated heterocycles. The fraction of sp³-hybridized carbons (Fsp3) is 0.421. The van der Waals surface area contributed by atoms with Crippen molar-refractivity contribution in [2.24, 2.45) is 0 Å². The third-order valence-electron chi connectivity index (χ3n) is 5.03. The lowest BCUT2D eigenvalue weighted by molar-refractivity contribution is 0.388. The number of nitrogens with zero attached hydrogens (tertiary/aromatic N) is 3. The number of hydrogen-bond acceptors (Lipinski definition) is 7. The minimum absolute atomic E-state index is 0.0299. The second kappa shape index (κ2) is 7.04. The van der Waals surface area contributed by atoms with E-state index in [-0.39, 0.29) is 10.3 Å². The molecule has 6 nitrogen and oxygen atoms in total. The van der Waals surface area contributed by atoms with Gasteiger partial charge in [-0.1, -0.05) is 37.3 Å². The molecule has 150 valence electrons. The highest BCUT2D eigenvalue weighted by Gasteiger charge is 2.41. The fourth-order valence-corrected chi connectivity index (χ4v) is 5.06. The highest BCUT2D eigenvalue weighted by molar-refractivity contribution is 7.92. The van der Waals surface area contributed by atoms with E-state index in [1.807, 2.05) is 6.07 Å². The molecule has 0 spiro atoms. The van der Waals surface area contributed by atoms with Gasteiger partial charge in [0.15, 0.2) is 20.6 Å². The summed E-state index contributed by atoms with van der Waals surface area (Å²) in [4.78, 5) is 0.0299. The zero-order valence-electron chi connectivity index (χ0n) is 16.4. The molecule has 0 radical (unpaired) electrons. The number of hydrogen-bond donors (Lipinski definition) is 0. The molecule has 0 aliphatic heterocycles. The van der Waals surface area contributed by atoms with Gasteiger partial charge in [-0.25, -0.2) is 12.8 Å². The van der Waals surface area contributed by atoms with Crippen LogP contribution in [0.4, 0.5) is 4.39 Å². The molecule has 0 aliphatic carbocycles. The summed E-state index contributed by atoms with van der Waals surface area (Å²) in [6.07, 6.45) is 0.892. The van der Waals surface area contributed by atoms with Crippen LogP contribution in [0.2, 0.25) is 0 Å². The zero-order valence-corrected chi connectivity index (χ0v) is 18.0. The van der Waals surface area contributed by atoms with Crippen LogP contribution in [0.25, 0.3) is 10.8 Å². The third-order valence-corrected chi connectivity index (χ3v) is 8.85. The molecule has 0 N–H and O–H groups in total. The predicted molar refractivity (Wildman–Crippen MR) is 105 cm³/mol. The summed E-state index contributed by atoms with van der Waals surface area (Å²) in [5.74, 6) is -0.0404. The molecular formula is C19H22FN3O3S2. The molecule has 3 aromatic rings. The normalized spacial score (nSPS) is 13.1. The SMILES string of the molecule is CCC(C)(C)c1cc(-c2nnc(C(C)(C)S(=O)(=O)c3ccc(F)cc3)s2)on1. The summed E-state index contributed by atoms with van der Waals surface area (Å²) < 4.78 is 43.4. The Balaban J connectivity index is 1.95. The lowest BCUT2D eigenvalue weighted by Gasteiger charge is -2.21. The summed E-state index contributed by atoms with van der Waals surface area (Å²) in [5, 5.41) is 13.1. The average Bonchev–Trinajstić information content (AvgIpc) is 3.31. The summed E-state index contributed by atoms with van der Waals surface area (Å²) in [6, 6.07) is 6.57. The van der Waals surface area contributed by atoms with Gasteiger partial charge < -0.3 is 4.52 Å². The third kappa shape index (κ3) is 3.48. The van der Waals surface area contributed by atoms with Crippen molar-refractivity contribution in [2.75, 3.05) is 0 Å². The summed E-state index contributed by atoms with van der Waals surface area (Å²) in [5.41, 5.74) is 0.667. The van der Waals surface area contributed by atoms with Gasteiger partial charge in [0.25, 0.3) is 0 Å². The molecular weight excluding hydrogens is 401 g/mol. The van der Waals surface area contributed by atoms with Crippen LogP contribution < -0.4 is 0 Å². The first-order valence-corrected chi connectivity index (χ1v) is 11.1. The van der Waals surface area contributed by atoms with Gasteiger partial charge in [-0.15, -0.1) is 10.2 Å². The summed E-state index contributed by atoms with van der Waals surface area (Å²) in [6.45, 7) is 9.32. The molecule has 3 rings (SSSR count). The Hall–Kier alpha value is -2.13. The van der Waals surface area contributed by atoms with E-state index in [2.05, 4.69) is 36.1 Å². The van der Waals surface area contributed by atoms with Gasteiger partial charge in [-0.3, -0.25) is 0 Å². The van der Waals surface area contributed by atoms with E-state index in [0.29, 0.717) is 15.8 Å². The molecule has 0 unspecified atom stereocenters. The van der Waals surface area contributed by atoms with Gasteiger partial charge in [-0.05, 0) is 44.5 Å².